The van der Waals surface area contributed by atoms with Gasteiger partial charge in [0.2, 0.25) is 0 Å². The summed E-state index contributed by atoms with van der Waals surface area (Å²) in [6.45, 7) is 0. The number of nitrogens with one attached hydrogen (secondary N) is 1. The second-order valence-electron chi connectivity index (χ2n) is 4.12. The third kappa shape index (κ3) is 1.16. The van der Waals surface area contributed by atoms with E-state index in [0.717, 1.165) is 22.1 Å². The molecule has 0 saturated heterocycles. The van der Waals surface area contributed by atoms with Crippen LogP contribution in [0, 0.1) is 0 Å². The van der Waals surface area contributed by atoms with Crippen LogP contribution in [0.1, 0.15) is 5.69 Å². The van der Waals surface area contributed by atoms with Crippen LogP contribution in [0.5, 0.6) is 0 Å². The highest BCUT2D eigenvalue weighted by molar-refractivity contribution is 5.98. The molecule has 0 fully saturated rings. The van der Waals surface area contributed by atoms with Gasteiger partial charge in [-0.15, -0.1) is 0 Å². The van der Waals surface area contributed by atoms with E-state index >= 15 is 0 Å². The molecule has 0 saturated carbocycles. The Morgan fingerprint density at radius 3 is 3.06 bits per heavy atom. The summed E-state index contributed by atoms with van der Waals surface area (Å²) >= 11 is 0. The molecule has 17 heavy (non-hydrogen) atoms. The van der Waals surface area contributed by atoms with E-state index in [0.29, 0.717) is 0 Å². The minimum atomic E-state index is 0.782. The van der Waals surface area contributed by atoms with Crippen LogP contribution in [0.3, 0.4) is 0 Å². The van der Waals surface area contributed by atoms with E-state index in [-0.39, 0.29) is 0 Å². The number of aromatic nitrogens is 2. The fraction of sp³-hybridized carbons (Fsp3) is 0. The lowest BCUT2D eigenvalue weighted by molar-refractivity contribution is 1.13. The number of rotatable bonds is 0. The number of fused-ring (bicyclic) bond motifs is 1. The Morgan fingerprint density at radius 2 is 2.06 bits per heavy atom. The minimum absolute atomic E-state index is 0.782. The van der Waals surface area contributed by atoms with E-state index in [1.807, 2.05) is 30.5 Å². The molecule has 1 aliphatic heterocycles. The average molecular weight is 219 g/mol. The maximum absolute atomic E-state index is 4.63. The number of nitrogens with zero attached hydrogens (tertiary/aromatic N) is 2. The van der Waals surface area contributed by atoms with Crippen LogP contribution in [0.25, 0.3) is 16.8 Å². The lowest BCUT2D eigenvalue weighted by Crippen LogP contribution is -2.26. The van der Waals surface area contributed by atoms with Gasteiger partial charge >= 0.3 is 0 Å². The van der Waals surface area contributed by atoms with Gasteiger partial charge in [0.05, 0.1) is 5.69 Å². The van der Waals surface area contributed by atoms with Gasteiger partial charge < -0.3 is 4.98 Å². The molecule has 3 aromatic rings. The Balaban J connectivity index is 2.30. The molecule has 0 amide bonds. The van der Waals surface area contributed by atoms with E-state index in [4.69, 9.17) is 0 Å². The van der Waals surface area contributed by atoms with Crippen LogP contribution in [0.4, 0.5) is 5.69 Å². The Bertz CT molecular complexity index is 828. The Kier molecular flexibility index (Phi) is 1.56. The van der Waals surface area contributed by atoms with Crippen molar-refractivity contribution in [3.8, 4) is 0 Å². The lowest BCUT2D eigenvalue weighted by atomic mass is 10.1. The van der Waals surface area contributed by atoms with Gasteiger partial charge in [-0.3, -0.25) is 0 Å². The summed E-state index contributed by atoms with van der Waals surface area (Å²) in [4.78, 5) is 12.2. The van der Waals surface area contributed by atoms with Crippen LogP contribution < -0.4 is 10.7 Å². The predicted molar refractivity (Wildman–Crippen MR) is 66.5 cm³/mol. The molecule has 0 atom stereocenters. The molecule has 80 valence electrons. The van der Waals surface area contributed by atoms with E-state index in [2.05, 4.69) is 27.1 Å². The molecule has 0 spiro atoms. The van der Waals surface area contributed by atoms with Gasteiger partial charge in [0.1, 0.15) is 0 Å². The van der Waals surface area contributed by atoms with E-state index in [1.165, 1.54) is 10.8 Å². The first kappa shape index (κ1) is 8.70. The maximum atomic E-state index is 4.63. The minimum Gasteiger partial charge on any atom is -0.360 e. The smallest absolute Gasteiger partial charge is 0.159 e. The Labute approximate surface area is 97.2 Å². The zero-order valence-corrected chi connectivity index (χ0v) is 9.01. The second-order valence-corrected chi connectivity index (χ2v) is 4.12. The summed E-state index contributed by atoms with van der Waals surface area (Å²) < 4.78 is 0. The fourth-order valence-corrected chi connectivity index (χ4v) is 2.29. The van der Waals surface area contributed by atoms with E-state index in [9.17, 15) is 0 Å². The van der Waals surface area contributed by atoms with Crippen molar-refractivity contribution in [2.24, 2.45) is 4.99 Å². The van der Waals surface area contributed by atoms with Crippen molar-refractivity contribution in [2.75, 3.05) is 0 Å². The first-order valence-electron chi connectivity index (χ1n) is 5.53. The maximum Gasteiger partial charge on any atom is 0.159 e. The SMILES string of the molecule is C1=c2cccnc2=Nc2cccc3c[nH]c1c23. The normalized spacial score (nSPS) is 12.5. The van der Waals surface area contributed by atoms with Gasteiger partial charge in [-0.1, -0.05) is 12.1 Å². The number of hydrogen-bond donors (Lipinski definition) is 1. The molecule has 1 aliphatic rings. The van der Waals surface area contributed by atoms with Crippen molar-refractivity contribution < 1.29 is 0 Å². The van der Waals surface area contributed by atoms with Gasteiger partial charge in [0.15, 0.2) is 5.49 Å². The van der Waals surface area contributed by atoms with Crippen LogP contribution in [0.15, 0.2) is 47.7 Å². The van der Waals surface area contributed by atoms with Gasteiger partial charge in [0.25, 0.3) is 0 Å². The molecule has 3 heterocycles. The monoisotopic (exact) mass is 219 g/mol. The molecular formula is C14H9N3. The molecule has 4 rings (SSSR count). The van der Waals surface area contributed by atoms with E-state index < -0.39 is 0 Å². The van der Waals surface area contributed by atoms with Gasteiger partial charge in [-0.05, 0) is 24.3 Å². The van der Waals surface area contributed by atoms with E-state index in [1.54, 1.807) is 6.20 Å². The summed E-state index contributed by atoms with van der Waals surface area (Å²) in [6, 6.07) is 10.1. The summed E-state index contributed by atoms with van der Waals surface area (Å²) in [5.41, 5.74) is 2.86. The van der Waals surface area contributed by atoms with Gasteiger partial charge in [-0.25, -0.2) is 9.98 Å². The molecule has 0 radical (unpaired) electrons. The summed E-state index contributed by atoms with van der Waals surface area (Å²) in [5.74, 6) is 0. The van der Waals surface area contributed by atoms with Crippen molar-refractivity contribution in [2.45, 2.75) is 0 Å². The second kappa shape index (κ2) is 3.04. The predicted octanol–water partition coefficient (Wildman–Crippen LogP) is 1.66. The largest absolute Gasteiger partial charge is 0.360 e. The quantitative estimate of drug-likeness (QED) is 0.480. The summed E-state index contributed by atoms with van der Waals surface area (Å²) in [5, 5.41) is 3.41. The zero-order chi connectivity index (χ0) is 11.2. The Hall–Kier alpha value is -2.42. The molecule has 0 aliphatic carbocycles. The number of aromatic amines is 1. The summed E-state index contributed by atoms with van der Waals surface area (Å²) in [6.07, 6.45) is 5.89. The standard InChI is InChI=1S/C14H9N3/c1-3-10-8-16-12-7-9-4-2-6-15-14(9)17-11(5-1)13(10)12/h1-8,16H. The van der Waals surface area contributed by atoms with Crippen LogP contribution in [0.2, 0.25) is 0 Å². The highest BCUT2D eigenvalue weighted by Crippen LogP contribution is 2.29. The molecule has 0 unspecified atom stereocenters. The fourth-order valence-electron chi connectivity index (χ4n) is 2.29. The molecule has 3 heteroatoms. The van der Waals surface area contributed by atoms with Crippen LogP contribution >= 0.6 is 0 Å². The highest BCUT2D eigenvalue weighted by Gasteiger charge is 2.08. The van der Waals surface area contributed by atoms with Crippen LogP contribution in [-0.4, -0.2) is 9.97 Å². The molecule has 0 bridgehead atoms. The van der Waals surface area contributed by atoms with Crippen molar-refractivity contribution in [3.63, 3.8) is 0 Å². The topological polar surface area (TPSA) is 41.0 Å². The number of H-pyrrole nitrogens is 1. The van der Waals surface area contributed by atoms with Crippen molar-refractivity contribution in [1.29, 1.82) is 0 Å². The average Bonchev–Trinajstić information content (AvgIpc) is 2.68. The molecular weight excluding hydrogens is 210 g/mol. The van der Waals surface area contributed by atoms with Crippen molar-refractivity contribution in [1.82, 2.24) is 9.97 Å². The van der Waals surface area contributed by atoms with Gasteiger partial charge in [-0.2, -0.15) is 0 Å². The molecule has 1 N–H and O–H groups in total. The first-order chi connectivity index (χ1) is 8.42. The zero-order valence-electron chi connectivity index (χ0n) is 9.01. The molecule has 1 aromatic carbocycles. The van der Waals surface area contributed by atoms with Crippen LogP contribution in [-0.2, 0) is 0 Å². The Morgan fingerprint density at radius 1 is 1.06 bits per heavy atom. The third-order valence-electron chi connectivity index (χ3n) is 3.07. The van der Waals surface area contributed by atoms with Crippen molar-refractivity contribution in [3.05, 3.63) is 59.1 Å². The van der Waals surface area contributed by atoms with Gasteiger partial charge in [0, 0.05) is 34.1 Å². The first-order valence-corrected chi connectivity index (χ1v) is 5.53. The number of hydrogen-bond acceptors (Lipinski definition) is 2. The highest BCUT2D eigenvalue weighted by atomic mass is 14.8. The summed E-state index contributed by atoms with van der Waals surface area (Å²) in [7, 11) is 0. The van der Waals surface area contributed by atoms with Crippen molar-refractivity contribution >= 4 is 22.5 Å². The third-order valence-corrected chi connectivity index (χ3v) is 3.07. The molecule has 2 aromatic heterocycles. The lowest BCUT2D eigenvalue weighted by Gasteiger charge is -1.95. The molecule has 3 nitrogen and oxygen atoms in total. The number of benzene rings is 1. The number of pyridine rings is 1.